The van der Waals surface area contributed by atoms with Crippen molar-refractivity contribution in [3.63, 3.8) is 0 Å². The van der Waals surface area contributed by atoms with E-state index in [1.54, 1.807) is 6.07 Å². The summed E-state index contributed by atoms with van der Waals surface area (Å²) in [6.07, 6.45) is 2.15. The van der Waals surface area contributed by atoms with Gasteiger partial charge in [0.1, 0.15) is 11.9 Å². The third-order valence-corrected chi connectivity index (χ3v) is 3.83. The Kier molecular flexibility index (Phi) is 3.39. The maximum Gasteiger partial charge on any atom is 0.124 e. The molecule has 1 saturated heterocycles. The number of hydrogen-bond donors (Lipinski definition) is 0. The van der Waals surface area contributed by atoms with Crippen LogP contribution in [0.15, 0.2) is 48.5 Å². The maximum absolute atomic E-state index is 13.3. The monoisotopic (exact) mass is 266 g/mol. The highest BCUT2D eigenvalue weighted by Crippen LogP contribution is 2.37. The van der Waals surface area contributed by atoms with E-state index in [0.29, 0.717) is 5.56 Å². The zero-order valence-corrected chi connectivity index (χ0v) is 11.1. The smallest absolute Gasteiger partial charge is 0.124 e. The Morgan fingerprint density at radius 2 is 1.95 bits per heavy atom. The highest BCUT2D eigenvalue weighted by atomic mass is 19.1. The summed E-state index contributed by atoms with van der Waals surface area (Å²) >= 11 is 0. The number of nitrogens with zero attached hydrogens (tertiary/aromatic N) is 2. The summed E-state index contributed by atoms with van der Waals surface area (Å²) < 4.78 is 13.3. The molecule has 1 aliphatic heterocycles. The van der Waals surface area contributed by atoms with Gasteiger partial charge in [0.05, 0.1) is 17.3 Å². The Morgan fingerprint density at radius 1 is 1.15 bits per heavy atom. The predicted molar refractivity (Wildman–Crippen MR) is 76.9 cm³/mol. The molecule has 0 saturated carbocycles. The molecular weight excluding hydrogens is 251 g/mol. The third-order valence-electron chi connectivity index (χ3n) is 3.83. The van der Waals surface area contributed by atoms with Crippen LogP contribution in [0.1, 0.15) is 30.0 Å². The highest BCUT2D eigenvalue weighted by molar-refractivity contribution is 5.61. The van der Waals surface area contributed by atoms with Gasteiger partial charge >= 0.3 is 0 Å². The van der Waals surface area contributed by atoms with Crippen LogP contribution < -0.4 is 4.90 Å². The largest absolute Gasteiger partial charge is 0.363 e. The van der Waals surface area contributed by atoms with Crippen molar-refractivity contribution in [3.05, 3.63) is 65.5 Å². The molecule has 1 atom stereocenters. The lowest BCUT2D eigenvalue weighted by molar-refractivity contribution is 0.626. The van der Waals surface area contributed by atoms with E-state index in [1.807, 2.05) is 18.2 Å². The van der Waals surface area contributed by atoms with Gasteiger partial charge in [0.2, 0.25) is 0 Å². The molecule has 2 aromatic carbocycles. The molecule has 0 aliphatic carbocycles. The molecule has 1 aliphatic rings. The van der Waals surface area contributed by atoms with E-state index in [2.05, 4.69) is 23.1 Å². The van der Waals surface area contributed by atoms with Crippen LogP contribution in [0, 0.1) is 17.1 Å². The summed E-state index contributed by atoms with van der Waals surface area (Å²) in [7, 11) is 0. The van der Waals surface area contributed by atoms with Gasteiger partial charge in [-0.15, -0.1) is 0 Å². The molecule has 3 rings (SSSR count). The van der Waals surface area contributed by atoms with Crippen molar-refractivity contribution < 1.29 is 4.39 Å². The first kappa shape index (κ1) is 12.7. The summed E-state index contributed by atoms with van der Waals surface area (Å²) in [6, 6.07) is 17.1. The van der Waals surface area contributed by atoms with Crippen LogP contribution in [-0.2, 0) is 0 Å². The van der Waals surface area contributed by atoms with E-state index in [1.165, 1.54) is 17.7 Å². The molecule has 2 aromatic rings. The molecule has 1 unspecified atom stereocenters. The van der Waals surface area contributed by atoms with Gasteiger partial charge in [0, 0.05) is 6.54 Å². The molecule has 20 heavy (non-hydrogen) atoms. The van der Waals surface area contributed by atoms with Gasteiger partial charge in [-0.1, -0.05) is 30.3 Å². The average molecular weight is 266 g/mol. The number of hydrogen-bond acceptors (Lipinski definition) is 2. The summed E-state index contributed by atoms with van der Waals surface area (Å²) in [6.45, 7) is 0.903. The van der Waals surface area contributed by atoms with Crippen molar-refractivity contribution in [2.75, 3.05) is 11.4 Å². The van der Waals surface area contributed by atoms with E-state index in [4.69, 9.17) is 0 Å². The van der Waals surface area contributed by atoms with Crippen molar-refractivity contribution in [1.82, 2.24) is 0 Å². The minimum Gasteiger partial charge on any atom is -0.363 e. The van der Waals surface area contributed by atoms with E-state index < -0.39 is 0 Å². The molecule has 0 spiro atoms. The number of rotatable bonds is 2. The average Bonchev–Trinajstić information content (AvgIpc) is 2.97. The van der Waals surface area contributed by atoms with E-state index in [9.17, 15) is 9.65 Å². The molecule has 0 radical (unpaired) electrons. The third kappa shape index (κ3) is 2.25. The van der Waals surface area contributed by atoms with E-state index >= 15 is 0 Å². The van der Waals surface area contributed by atoms with Crippen LogP contribution in [0.4, 0.5) is 10.1 Å². The molecule has 0 bridgehead atoms. The number of benzene rings is 2. The van der Waals surface area contributed by atoms with Gasteiger partial charge in [-0.3, -0.25) is 0 Å². The van der Waals surface area contributed by atoms with E-state index in [-0.39, 0.29) is 11.9 Å². The summed E-state index contributed by atoms with van der Waals surface area (Å²) in [5.41, 5.74) is 2.49. The molecule has 0 amide bonds. The Bertz CT molecular complexity index is 646. The van der Waals surface area contributed by atoms with Gasteiger partial charge in [-0.25, -0.2) is 4.39 Å². The van der Waals surface area contributed by atoms with Crippen LogP contribution in [0.25, 0.3) is 0 Å². The van der Waals surface area contributed by atoms with Crippen molar-refractivity contribution in [2.24, 2.45) is 0 Å². The molecular formula is C17H15FN2. The van der Waals surface area contributed by atoms with Crippen LogP contribution in [0.2, 0.25) is 0 Å². The zero-order chi connectivity index (χ0) is 13.9. The van der Waals surface area contributed by atoms with Crippen LogP contribution in [0.3, 0.4) is 0 Å². The van der Waals surface area contributed by atoms with Gasteiger partial charge in [0.15, 0.2) is 0 Å². The first-order valence-electron chi connectivity index (χ1n) is 6.81. The first-order valence-corrected chi connectivity index (χ1v) is 6.81. The van der Waals surface area contributed by atoms with Gasteiger partial charge in [-0.05, 0) is 36.6 Å². The normalized spacial score (nSPS) is 18.0. The lowest BCUT2D eigenvalue weighted by atomic mass is 10.0. The quantitative estimate of drug-likeness (QED) is 0.820. The van der Waals surface area contributed by atoms with Crippen LogP contribution >= 0.6 is 0 Å². The fourth-order valence-corrected chi connectivity index (χ4v) is 2.93. The molecule has 1 heterocycles. The number of halogens is 1. The lowest BCUT2D eigenvalue weighted by Crippen LogP contribution is -2.23. The molecule has 1 fully saturated rings. The fourth-order valence-electron chi connectivity index (χ4n) is 2.93. The molecule has 0 aromatic heterocycles. The zero-order valence-electron chi connectivity index (χ0n) is 11.1. The minimum absolute atomic E-state index is 0.272. The maximum atomic E-state index is 13.3. The SMILES string of the molecule is N#Cc1cc(F)ccc1N1CCCC1c1ccccc1. The predicted octanol–water partition coefficient (Wildman–Crippen LogP) is 4.04. The number of nitriles is 1. The molecule has 3 heteroatoms. The van der Waals surface area contributed by atoms with Gasteiger partial charge < -0.3 is 4.90 Å². The molecule has 0 N–H and O–H groups in total. The van der Waals surface area contributed by atoms with Crippen molar-refractivity contribution in [3.8, 4) is 6.07 Å². The second-order valence-electron chi connectivity index (χ2n) is 5.04. The van der Waals surface area contributed by atoms with Gasteiger partial charge in [0.25, 0.3) is 0 Å². The van der Waals surface area contributed by atoms with E-state index in [0.717, 1.165) is 25.1 Å². The second kappa shape index (κ2) is 5.34. The van der Waals surface area contributed by atoms with Crippen molar-refractivity contribution >= 4 is 5.69 Å². The van der Waals surface area contributed by atoms with Crippen molar-refractivity contribution in [2.45, 2.75) is 18.9 Å². The fraction of sp³-hybridized carbons (Fsp3) is 0.235. The molecule has 100 valence electrons. The minimum atomic E-state index is -0.360. The summed E-state index contributed by atoms with van der Waals surface area (Å²) in [4.78, 5) is 2.22. The van der Waals surface area contributed by atoms with Crippen LogP contribution in [0.5, 0.6) is 0 Å². The second-order valence-corrected chi connectivity index (χ2v) is 5.04. The Labute approximate surface area is 118 Å². The lowest BCUT2D eigenvalue weighted by Gasteiger charge is -2.28. The summed E-state index contributed by atoms with van der Waals surface area (Å²) in [5, 5.41) is 9.22. The van der Waals surface area contributed by atoms with Crippen LogP contribution in [-0.4, -0.2) is 6.54 Å². The Balaban J connectivity index is 1.99. The summed E-state index contributed by atoms with van der Waals surface area (Å²) in [5.74, 6) is -0.360. The topological polar surface area (TPSA) is 27.0 Å². The highest BCUT2D eigenvalue weighted by Gasteiger charge is 2.27. The van der Waals surface area contributed by atoms with Gasteiger partial charge in [-0.2, -0.15) is 5.26 Å². The molecule has 2 nitrogen and oxygen atoms in total. The Morgan fingerprint density at radius 3 is 2.70 bits per heavy atom. The Hall–Kier alpha value is -2.34. The van der Waals surface area contributed by atoms with Crippen molar-refractivity contribution in [1.29, 1.82) is 5.26 Å². The first-order chi connectivity index (χ1) is 9.79. The standard InChI is InChI=1S/C17H15FN2/c18-15-8-9-17(14(11-15)12-19)20-10-4-7-16(20)13-5-2-1-3-6-13/h1-3,5-6,8-9,11,16H,4,7,10H2. The number of anilines is 1.